The summed E-state index contributed by atoms with van der Waals surface area (Å²) in [6, 6.07) is 12.6. The molecule has 170 valence electrons. The number of nitrogens with one attached hydrogen (secondary N) is 1. The number of ether oxygens (including phenoxy) is 2. The zero-order valence-corrected chi connectivity index (χ0v) is 19.9. The molecule has 8 nitrogen and oxygen atoms in total. The van der Waals surface area contributed by atoms with Crippen molar-refractivity contribution < 1.29 is 26.3 Å². The standard InChI is InChI=1S/C21H22N2O6S3/c1-28-17-8-10-20(19(14-17)29-2)31(24,25)22-16-7-9-18-15(13-16)5-3-11-23(18)32(26,27)21-6-4-12-30-21/h4,6-10,12-14,22H,3,5,11H2,1-2H3. The predicted octanol–water partition coefficient (Wildman–Crippen LogP) is 3.71. The lowest BCUT2D eigenvalue weighted by molar-refractivity contribution is 0.386. The number of hydrogen-bond acceptors (Lipinski definition) is 7. The van der Waals surface area contributed by atoms with Crippen LogP contribution in [0, 0.1) is 0 Å². The number of hydrogen-bond donors (Lipinski definition) is 1. The average Bonchev–Trinajstić information content (AvgIpc) is 3.33. The van der Waals surface area contributed by atoms with Gasteiger partial charge in [0.2, 0.25) is 0 Å². The summed E-state index contributed by atoms with van der Waals surface area (Å²) < 4.78 is 66.6. The monoisotopic (exact) mass is 494 g/mol. The number of benzene rings is 2. The fourth-order valence-electron chi connectivity index (χ4n) is 3.60. The second-order valence-corrected chi connectivity index (χ2v) is 11.8. The van der Waals surface area contributed by atoms with Crippen LogP contribution in [-0.2, 0) is 26.5 Å². The molecular formula is C21H22N2O6S3. The molecule has 0 spiro atoms. The number of rotatable bonds is 7. The van der Waals surface area contributed by atoms with E-state index in [4.69, 9.17) is 9.47 Å². The van der Waals surface area contributed by atoms with Crippen molar-refractivity contribution in [2.24, 2.45) is 0 Å². The second-order valence-electron chi connectivity index (χ2n) is 7.08. The molecule has 1 aliphatic rings. The molecule has 0 bridgehead atoms. The van der Waals surface area contributed by atoms with Gasteiger partial charge in [-0.05, 0) is 60.2 Å². The highest BCUT2D eigenvalue weighted by atomic mass is 32.2. The summed E-state index contributed by atoms with van der Waals surface area (Å²) in [7, 11) is -4.73. The summed E-state index contributed by atoms with van der Waals surface area (Å²) in [4.78, 5) is -0.0274. The Morgan fingerprint density at radius 1 is 1.00 bits per heavy atom. The van der Waals surface area contributed by atoms with Crippen molar-refractivity contribution in [3.63, 3.8) is 0 Å². The van der Waals surface area contributed by atoms with Gasteiger partial charge in [-0.25, -0.2) is 16.8 Å². The minimum absolute atomic E-state index is 0.0274. The molecule has 4 rings (SSSR count). The molecule has 0 atom stereocenters. The number of aryl methyl sites for hydroxylation is 1. The number of sulfonamides is 2. The molecule has 0 saturated carbocycles. The number of thiophene rings is 1. The maximum Gasteiger partial charge on any atom is 0.273 e. The highest BCUT2D eigenvalue weighted by Gasteiger charge is 2.30. The van der Waals surface area contributed by atoms with Gasteiger partial charge < -0.3 is 9.47 Å². The molecule has 1 aromatic heterocycles. The Morgan fingerprint density at radius 2 is 1.81 bits per heavy atom. The van der Waals surface area contributed by atoms with Gasteiger partial charge in [0.25, 0.3) is 20.0 Å². The Bertz CT molecular complexity index is 1340. The van der Waals surface area contributed by atoms with Crippen molar-refractivity contribution >= 4 is 42.8 Å². The lowest BCUT2D eigenvalue weighted by atomic mass is 10.0. The van der Waals surface area contributed by atoms with E-state index in [0.29, 0.717) is 36.5 Å². The molecule has 0 aliphatic carbocycles. The zero-order valence-electron chi connectivity index (χ0n) is 17.4. The molecule has 2 heterocycles. The normalized spacial score (nSPS) is 14.0. The van der Waals surface area contributed by atoms with Crippen LogP contribution in [0.4, 0.5) is 11.4 Å². The average molecular weight is 495 g/mol. The van der Waals surface area contributed by atoms with Crippen molar-refractivity contribution in [1.82, 2.24) is 0 Å². The third-order valence-electron chi connectivity index (χ3n) is 5.11. The Morgan fingerprint density at radius 3 is 2.50 bits per heavy atom. The van der Waals surface area contributed by atoms with Crippen LogP contribution in [0.1, 0.15) is 12.0 Å². The SMILES string of the molecule is COc1ccc(S(=O)(=O)Nc2ccc3c(c2)CCCN3S(=O)(=O)c2cccs2)c(OC)c1. The van der Waals surface area contributed by atoms with Crippen molar-refractivity contribution in [3.8, 4) is 11.5 Å². The summed E-state index contributed by atoms with van der Waals surface area (Å²) >= 11 is 1.17. The molecule has 0 saturated heterocycles. The Kier molecular flexibility index (Phi) is 6.06. The zero-order chi connectivity index (χ0) is 22.9. The van der Waals surface area contributed by atoms with Gasteiger partial charge in [-0.1, -0.05) is 6.07 Å². The molecular weight excluding hydrogens is 472 g/mol. The highest BCUT2D eigenvalue weighted by molar-refractivity contribution is 7.94. The summed E-state index contributed by atoms with van der Waals surface area (Å²) in [6.45, 7) is 0.376. The molecule has 0 amide bonds. The number of methoxy groups -OCH3 is 2. The summed E-state index contributed by atoms with van der Waals surface area (Å²) in [5.41, 5.74) is 1.67. The van der Waals surface area contributed by atoms with Gasteiger partial charge in [-0.2, -0.15) is 0 Å². The fourth-order valence-corrected chi connectivity index (χ4v) is 7.45. The van der Waals surface area contributed by atoms with Gasteiger partial charge in [-0.15, -0.1) is 11.3 Å². The van der Waals surface area contributed by atoms with E-state index in [9.17, 15) is 16.8 Å². The van der Waals surface area contributed by atoms with Gasteiger partial charge in [-0.3, -0.25) is 9.03 Å². The topological polar surface area (TPSA) is 102 Å². The largest absolute Gasteiger partial charge is 0.497 e. The first-order valence-corrected chi connectivity index (χ1v) is 13.5. The maximum absolute atomic E-state index is 13.0. The molecule has 11 heteroatoms. The van der Waals surface area contributed by atoms with Crippen LogP contribution < -0.4 is 18.5 Å². The first kappa shape index (κ1) is 22.4. The van der Waals surface area contributed by atoms with Crippen LogP contribution in [0.3, 0.4) is 0 Å². The molecule has 2 aromatic carbocycles. The fraction of sp³-hybridized carbons (Fsp3) is 0.238. The predicted molar refractivity (Wildman–Crippen MR) is 124 cm³/mol. The van der Waals surface area contributed by atoms with Crippen LogP contribution >= 0.6 is 11.3 Å². The third kappa shape index (κ3) is 4.15. The molecule has 0 unspecified atom stereocenters. The van der Waals surface area contributed by atoms with Crippen LogP contribution in [0.5, 0.6) is 11.5 Å². The van der Waals surface area contributed by atoms with E-state index in [1.165, 1.54) is 48.1 Å². The van der Waals surface area contributed by atoms with Crippen molar-refractivity contribution in [1.29, 1.82) is 0 Å². The lowest BCUT2D eigenvalue weighted by Crippen LogP contribution is -2.35. The first-order valence-electron chi connectivity index (χ1n) is 9.70. The van der Waals surface area contributed by atoms with Crippen LogP contribution in [-0.4, -0.2) is 37.6 Å². The van der Waals surface area contributed by atoms with Crippen LogP contribution in [0.25, 0.3) is 0 Å². The smallest absolute Gasteiger partial charge is 0.273 e. The molecule has 0 fully saturated rings. The van der Waals surface area contributed by atoms with Gasteiger partial charge in [0, 0.05) is 18.3 Å². The van der Waals surface area contributed by atoms with E-state index in [0.717, 1.165) is 5.56 Å². The van der Waals surface area contributed by atoms with Crippen LogP contribution in [0.15, 0.2) is 63.0 Å². The molecule has 1 aliphatic heterocycles. The van der Waals surface area contributed by atoms with Gasteiger partial charge in [0.05, 0.1) is 19.9 Å². The second kappa shape index (κ2) is 8.64. The number of nitrogens with zero attached hydrogens (tertiary/aromatic N) is 1. The Balaban J connectivity index is 1.65. The number of fused-ring (bicyclic) bond motifs is 1. The molecule has 32 heavy (non-hydrogen) atoms. The van der Waals surface area contributed by atoms with Crippen molar-refractivity contribution in [2.45, 2.75) is 21.9 Å². The van der Waals surface area contributed by atoms with Crippen molar-refractivity contribution in [3.05, 3.63) is 59.5 Å². The van der Waals surface area contributed by atoms with Crippen molar-refractivity contribution in [2.75, 3.05) is 29.8 Å². The lowest BCUT2D eigenvalue weighted by Gasteiger charge is -2.30. The number of anilines is 2. The Hall–Kier alpha value is -2.76. The van der Waals surface area contributed by atoms with E-state index in [1.807, 2.05) is 0 Å². The molecule has 0 radical (unpaired) electrons. The first-order chi connectivity index (χ1) is 15.3. The Labute approximate surface area is 191 Å². The quantitative estimate of drug-likeness (QED) is 0.537. The molecule has 3 aromatic rings. The van der Waals surface area contributed by atoms with E-state index in [1.54, 1.807) is 35.7 Å². The van der Waals surface area contributed by atoms with E-state index >= 15 is 0 Å². The molecule has 1 N–H and O–H groups in total. The maximum atomic E-state index is 13.0. The summed E-state index contributed by atoms with van der Waals surface area (Å²) in [5, 5.41) is 1.73. The summed E-state index contributed by atoms with van der Waals surface area (Å²) in [5.74, 6) is 0.629. The summed E-state index contributed by atoms with van der Waals surface area (Å²) in [6.07, 6.45) is 1.29. The van der Waals surface area contributed by atoms with Gasteiger partial charge in [0.1, 0.15) is 20.6 Å². The van der Waals surface area contributed by atoms with E-state index in [-0.39, 0.29) is 14.9 Å². The highest BCUT2D eigenvalue weighted by Crippen LogP contribution is 2.36. The van der Waals surface area contributed by atoms with E-state index in [2.05, 4.69) is 4.72 Å². The minimum atomic E-state index is -3.95. The van der Waals surface area contributed by atoms with E-state index < -0.39 is 20.0 Å². The third-order valence-corrected chi connectivity index (χ3v) is 9.71. The minimum Gasteiger partial charge on any atom is -0.497 e. The van der Waals surface area contributed by atoms with Crippen LogP contribution in [0.2, 0.25) is 0 Å². The van der Waals surface area contributed by atoms with Gasteiger partial charge in [0.15, 0.2) is 0 Å². The van der Waals surface area contributed by atoms with Gasteiger partial charge >= 0.3 is 0 Å².